The van der Waals surface area contributed by atoms with E-state index in [1.807, 2.05) is 43.3 Å². The number of aryl methyl sites for hydroxylation is 1. The van der Waals surface area contributed by atoms with Gasteiger partial charge in [0.25, 0.3) is 0 Å². The van der Waals surface area contributed by atoms with Gasteiger partial charge in [-0.25, -0.2) is 0 Å². The molecule has 0 unspecified atom stereocenters. The Morgan fingerprint density at radius 2 is 1.96 bits per heavy atom. The van der Waals surface area contributed by atoms with Crippen LogP contribution in [0.3, 0.4) is 0 Å². The fourth-order valence-corrected chi connectivity index (χ4v) is 2.75. The van der Waals surface area contributed by atoms with Gasteiger partial charge in [0.15, 0.2) is 0 Å². The molecule has 0 aromatic heterocycles. The second-order valence-electron chi connectivity index (χ2n) is 5.77. The zero-order valence-corrected chi connectivity index (χ0v) is 15.4. The highest BCUT2D eigenvalue weighted by Crippen LogP contribution is 2.22. The zero-order chi connectivity index (χ0) is 18.1. The topological polar surface area (TPSA) is 47.6 Å². The molecule has 0 saturated heterocycles. The smallest absolute Gasteiger partial charge is 0.220 e. The first kappa shape index (κ1) is 19.1. The fraction of sp³-hybridized carbons (Fsp3) is 0.350. The molecule has 2 aromatic rings. The van der Waals surface area contributed by atoms with E-state index in [1.54, 1.807) is 13.2 Å². The first-order valence-electron chi connectivity index (χ1n) is 8.37. The number of carbonyl (C=O) groups is 1. The van der Waals surface area contributed by atoms with Gasteiger partial charge in [-0.2, -0.15) is 0 Å². The number of nitrogens with one attached hydrogen (secondary N) is 1. The van der Waals surface area contributed by atoms with Crippen LogP contribution in [0.15, 0.2) is 42.5 Å². The van der Waals surface area contributed by atoms with Crippen LogP contribution in [-0.4, -0.2) is 26.2 Å². The van der Waals surface area contributed by atoms with Gasteiger partial charge in [-0.15, -0.1) is 0 Å². The van der Waals surface area contributed by atoms with Crippen LogP contribution in [0, 0.1) is 6.92 Å². The molecule has 0 bridgehead atoms. The molecule has 0 spiro atoms. The third kappa shape index (κ3) is 6.31. The number of hydrogen-bond acceptors (Lipinski definition) is 3. The average Bonchev–Trinajstić information content (AvgIpc) is 2.60. The number of amides is 1. The highest BCUT2D eigenvalue weighted by Gasteiger charge is 2.05. The quantitative estimate of drug-likeness (QED) is 0.682. The zero-order valence-electron chi connectivity index (χ0n) is 14.7. The van der Waals surface area contributed by atoms with Gasteiger partial charge < -0.3 is 14.8 Å². The van der Waals surface area contributed by atoms with Crippen molar-refractivity contribution in [2.24, 2.45) is 0 Å². The molecule has 0 radical (unpaired) electrons. The number of rotatable bonds is 9. The number of carbonyl (C=O) groups excluding carboxylic acids is 1. The number of halogens is 1. The monoisotopic (exact) mass is 361 g/mol. The van der Waals surface area contributed by atoms with E-state index in [0.29, 0.717) is 31.0 Å². The van der Waals surface area contributed by atoms with Crippen molar-refractivity contribution in [3.05, 3.63) is 58.6 Å². The lowest BCUT2D eigenvalue weighted by atomic mass is 10.1. The molecule has 4 nitrogen and oxygen atoms in total. The van der Waals surface area contributed by atoms with Crippen molar-refractivity contribution in [3.63, 3.8) is 0 Å². The number of benzene rings is 2. The lowest BCUT2D eigenvalue weighted by molar-refractivity contribution is -0.121. The molecule has 0 heterocycles. The van der Waals surface area contributed by atoms with Gasteiger partial charge in [0.1, 0.15) is 11.5 Å². The van der Waals surface area contributed by atoms with Crippen molar-refractivity contribution in [2.75, 3.05) is 20.3 Å². The summed E-state index contributed by atoms with van der Waals surface area (Å²) in [7, 11) is 1.65. The van der Waals surface area contributed by atoms with E-state index in [2.05, 4.69) is 5.32 Å². The Morgan fingerprint density at radius 3 is 2.72 bits per heavy atom. The van der Waals surface area contributed by atoms with E-state index in [0.717, 1.165) is 29.0 Å². The molecule has 25 heavy (non-hydrogen) atoms. The summed E-state index contributed by atoms with van der Waals surface area (Å²) in [5, 5.41) is 3.63. The maximum absolute atomic E-state index is 11.9. The Morgan fingerprint density at radius 1 is 1.16 bits per heavy atom. The van der Waals surface area contributed by atoms with Gasteiger partial charge in [0.05, 0.1) is 13.7 Å². The van der Waals surface area contributed by atoms with Crippen molar-refractivity contribution >= 4 is 17.5 Å². The Kier molecular flexibility index (Phi) is 7.61. The largest absolute Gasteiger partial charge is 0.496 e. The molecule has 0 aliphatic heterocycles. The number of hydrogen-bond donors (Lipinski definition) is 1. The summed E-state index contributed by atoms with van der Waals surface area (Å²) in [6, 6.07) is 13.3. The van der Waals surface area contributed by atoms with E-state index in [1.165, 1.54) is 0 Å². The van der Waals surface area contributed by atoms with Crippen LogP contribution in [0.4, 0.5) is 0 Å². The maximum Gasteiger partial charge on any atom is 0.220 e. The van der Waals surface area contributed by atoms with Crippen LogP contribution >= 0.6 is 11.6 Å². The molecule has 1 amide bonds. The highest BCUT2D eigenvalue weighted by atomic mass is 35.5. The number of methoxy groups -OCH3 is 1. The summed E-state index contributed by atoms with van der Waals surface area (Å²) in [6.07, 6.45) is 1.86. The average molecular weight is 362 g/mol. The minimum atomic E-state index is 0.0336. The normalized spacial score (nSPS) is 10.4. The fourth-order valence-electron chi connectivity index (χ4n) is 2.52. The minimum Gasteiger partial charge on any atom is -0.496 e. The number of ether oxygens (including phenoxy) is 2. The Hall–Kier alpha value is -2.20. The second-order valence-corrected chi connectivity index (χ2v) is 6.21. The van der Waals surface area contributed by atoms with Crippen LogP contribution in [0.5, 0.6) is 11.5 Å². The minimum absolute atomic E-state index is 0.0336. The Labute approximate surface area is 154 Å². The predicted molar refractivity (Wildman–Crippen MR) is 101 cm³/mol. The van der Waals surface area contributed by atoms with Crippen molar-refractivity contribution in [1.29, 1.82) is 0 Å². The van der Waals surface area contributed by atoms with E-state index < -0.39 is 0 Å². The van der Waals surface area contributed by atoms with Crippen LogP contribution < -0.4 is 14.8 Å². The molecule has 2 aromatic carbocycles. The summed E-state index contributed by atoms with van der Waals surface area (Å²) in [6.45, 7) is 3.05. The van der Waals surface area contributed by atoms with E-state index in [9.17, 15) is 4.79 Å². The van der Waals surface area contributed by atoms with Gasteiger partial charge in [0, 0.05) is 18.0 Å². The molecular formula is C20H24ClNO3. The molecule has 0 aliphatic rings. The molecule has 0 fully saturated rings. The first-order valence-corrected chi connectivity index (χ1v) is 8.75. The first-order chi connectivity index (χ1) is 12.1. The van der Waals surface area contributed by atoms with E-state index in [-0.39, 0.29) is 5.91 Å². The van der Waals surface area contributed by atoms with Crippen LogP contribution in [-0.2, 0) is 11.2 Å². The Balaban J connectivity index is 1.64. The van der Waals surface area contributed by atoms with Gasteiger partial charge in [-0.1, -0.05) is 29.8 Å². The van der Waals surface area contributed by atoms with E-state index >= 15 is 0 Å². The summed E-state index contributed by atoms with van der Waals surface area (Å²) >= 11 is 5.92. The molecule has 1 N–H and O–H groups in total. The second kappa shape index (κ2) is 9.94. The van der Waals surface area contributed by atoms with Gasteiger partial charge in [-0.3, -0.25) is 4.79 Å². The third-order valence-corrected chi connectivity index (χ3v) is 4.09. The van der Waals surface area contributed by atoms with Crippen LogP contribution in [0.1, 0.15) is 24.0 Å². The lowest BCUT2D eigenvalue weighted by Crippen LogP contribution is -2.25. The summed E-state index contributed by atoms with van der Waals surface area (Å²) in [5.41, 5.74) is 2.08. The van der Waals surface area contributed by atoms with Crippen molar-refractivity contribution < 1.29 is 14.3 Å². The molecule has 5 heteroatoms. The van der Waals surface area contributed by atoms with Gasteiger partial charge in [0.2, 0.25) is 5.91 Å². The number of para-hydroxylation sites is 1. The van der Waals surface area contributed by atoms with Gasteiger partial charge in [-0.05, 0) is 55.2 Å². The molecule has 0 saturated carbocycles. The van der Waals surface area contributed by atoms with Crippen molar-refractivity contribution in [1.82, 2.24) is 5.32 Å². The summed E-state index contributed by atoms with van der Waals surface area (Å²) in [4.78, 5) is 11.9. The molecular weight excluding hydrogens is 338 g/mol. The third-order valence-electron chi connectivity index (χ3n) is 3.85. The lowest BCUT2D eigenvalue weighted by Gasteiger charge is -2.10. The van der Waals surface area contributed by atoms with Gasteiger partial charge >= 0.3 is 0 Å². The molecule has 0 atom stereocenters. The molecule has 134 valence electrons. The highest BCUT2D eigenvalue weighted by molar-refractivity contribution is 6.30. The molecule has 2 rings (SSSR count). The predicted octanol–water partition coefficient (Wildman–Crippen LogP) is 4.17. The Bertz CT molecular complexity index is 703. The molecule has 0 aliphatic carbocycles. The van der Waals surface area contributed by atoms with Crippen LogP contribution in [0.25, 0.3) is 0 Å². The van der Waals surface area contributed by atoms with Crippen molar-refractivity contribution in [3.8, 4) is 11.5 Å². The summed E-state index contributed by atoms with van der Waals surface area (Å²) < 4.78 is 11.0. The summed E-state index contributed by atoms with van der Waals surface area (Å²) in [5.74, 6) is 1.69. The van der Waals surface area contributed by atoms with Crippen molar-refractivity contribution in [2.45, 2.75) is 26.2 Å². The standard InChI is InChI=1S/C20H24ClNO3/c1-15-14-17(21)9-10-18(15)25-13-5-8-20(23)22-12-11-16-6-3-4-7-19(16)24-2/h3-4,6-7,9-10,14H,5,8,11-13H2,1-2H3,(H,22,23). The SMILES string of the molecule is COc1ccccc1CCNC(=O)CCCOc1ccc(Cl)cc1C. The maximum atomic E-state index is 11.9. The van der Waals surface area contributed by atoms with Crippen LogP contribution in [0.2, 0.25) is 5.02 Å². The van der Waals surface area contributed by atoms with E-state index in [4.69, 9.17) is 21.1 Å².